The summed E-state index contributed by atoms with van der Waals surface area (Å²) in [4.78, 5) is 23.1. The van der Waals surface area contributed by atoms with Crippen molar-refractivity contribution in [2.24, 2.45) is 15.9 Å². The largest absolute Gasteiger partial charge is 0.495 e. The van der Waals surface area contributed by atoms with Gasteiger partial charge in [-0.1, -0.05) is 6.07 Å². The molecule has 4 rings (SSSR count). The van der Waals surface area contributed by atoms with Crippen molar-refractivity contribution in [3.8, 4) is 11.4 Å². The van der Waals surface area contributed by atoms with Crippen LogP contribution in [-0.2, 0) is 11.2 Å². The van der Waals surface area contributed by atoms with Gasteiger partial charge in [-0.2, -0.15) is 18.3 Å². The van der Waals surface area contributed by atoms with Crippen LogP contribution >= 0.6 is 11.3 Å². The van der Waals surface area contributed by atoms with Crippen LogP contribution in [0.2, 0.25) is 0 Å². The molecule has 0 fully saturated rings. The van der Waals surface area contributed by atoms with Crippen molar-refractivity contribution in [2.45, 2.75) is 32.0 Å². The molecule has 1 unspecified atom stereocenters. The van der Waals surface area contributed by atoms with Crippen LogP contribution in [0.4, 0.5) is 18.9 Å². The van der Waals surface area contributed by atoms with Crippen LogP contribution in [0.15, 0.2) is 52.3 Å². The number of imidazole rings is 1. The first kappa shape index (κ1) is 24.5. The first-order valence-electron chi connectivity index (χ1n) is 10.6. The number of hydrazone groups is 1. The lowest BCUT2D eigenvalue weighted by Gasteiger charge is -2.24. The van der Waals surface area contributed by atoms with Gasteiger partial charge in [0, 0.05) is 16.6 Å². The Labute approximate surface area is 203 Å². The lowest BCUT2D eigenvalue weighted by atomic mass is 10.1. The monoisotopic (exact) mass is 504 g/mol. The minimum Gasteiger partial charge on any atom is -0.495 e. The highest BCUT2D eigenvalue weighted by Gasteiger charge is 2.38. The topological polar surface area (TPSA) is 98.1 Å². The van der Waals surface area contributed by atoms with Crippen LogP contribution in [0, 0.1) is 6.92 Å². The number of methoxy groups -OCH3 is 1. The zero-order chi connectivity index (χ0) is 25.2. The second kappa shape index (κ2) is 9.90. The van der Waals surface area contributed by atoms with E-state index in [-0.39, 0.29) is 17.8 Å². The molecule has 1 atom stereocenters. The van der Waals surface area contributed by atoms with Crippen molar-refractivity contribution in [3.05, 3.63) is 58.3 Å². The molecular formula is C23H23F3N6O2S. The zero-order valence-corrected chi connectivity index (χ0v) is 19.8. The first-order valence-corrected chi connectivity index (χ1v) is 11.5. The Morgan fingerprint density at radius 1 is 1.34 bits per heavy atom. The summed E-state index contributed by atoms with van der Waals surface area (Å²) in [5.41, 5.74) is 2.71. The van der Waals surface area contributed by atoms with Crippen LogP contribution < -0.4 is 15.5 Å². The van der Waals surface area contributed by atoms with Crippen LogP contribution in [0.1, 0.15) is 22.6 Å². The SMILES string of the molecule is COc1cc(/C(C=NC2CCc3sccc3N(CC(F)(F)F)C2=O)=N/N)ccc1-n1cnc(C)c1. The number of aromatic nitrogens is 2. The quantitative estimate of drug-likeness (QED) is 0.313. The van der Waals surface area contributed by atoms with Gasteiger partial charge in [0.05, 0.1) is 36.7 Å². The number of carbonyl (C=O) groups is 1. The van der Waals surface area contributed by atoms with E-state index < -0.39 is 24.7 Å². The predicted octanol–water partition coefficient (Wildman–Crippen LogP) is 3.89. The van der Waals surface area contributed by atoms with Gasteiger partial charge in [-0.25, -0.2) is 4.98 Å². The number of carbonyl (C=O) groups excluding carboxylic acids is 1. The van der Waals surface area contributed by atoms with Crippen molar-refractivity contribution in [1.82, 2.24) is 9.55 Å². The van der Waals surface area contributed by atoms with Crippen molar-refractivity contribution < 1.29 is 22.7 Å². The van der Waals surface area contributed by atoms with E-state index in [1.54, 1.807) is 29.9 Å². The number of alkyl halides is 3. The van der Waals surface area contributed by atoms with Gasteiger partial charge in [-0.3, -0.25) is 9.79 Å². The fourth-order valence-corrected chi connectivity index (χ4v) is 4.77. The molecule has 12 heteroatoms. The molecule has 0 saturated heterocycles. The van der Waals surface area contributed by atoms with Crippen molar-refractivity contribution >= 4 is 34.9 Å². The minimum atomic E-state index is -4.54. The molecule has 1 aliphatic rings. The number of thiophene rings is 1. The summed E-state index contributed by atoms with van der Waals surface area (Å²) in [5, 5.41) is 5.46. The van der Waals surface area contributed by atoms with Gasteiger partial charge in [-0.15, -0.1) is 11.3 Å². The number of nitrogens with zero attached hydrogens (tertiary/aromatic N) is 5. The van der Waals surface area contributed by atoms with Crippen LogP contribution in [0.25, 0.3) is 5.69 Å². The molecule has 3 heterocycles. The molecule has 1 aromatic carbocycles. The third-order valence-corrected chi connectivity index (χ3v) is 6.50. The maximum Gasteiger partial charge on any atom is 0.406 e. The fourth-order valence-electron chi connectivity index (χ4n) is 3.88. The molecule has 8 nitrogen and oxygen atoms in total. The third-order valence-electron chi connectivity index (χ3n) is 5.53. The maximum absolute atomic E-state index is 13.2. The summed E-state index contributed by atoms with van der Waals surface area (Å²) in [6.07, 6.45) is 1.01. The normalized spacial score (nSPS) is 17.1. The molecule has 1 amide bonds. The van der Waals surface area contributed by atoms with Crippen LogP contribution in [-0.4, -0.2) is 53.3 Å². The predicted molar refractivity (Wildman–Crippen MR) is 129 cm³/mol. The third kappa shape index (κ3) is 5.37. The lowest BCUT2D eigenvalue weighted by molar-refractivity contribution is -0.133. The van der Waals surface area contributed by atoms with E-state index in [1.807, 2.05) is 17.7 Å². The van der Waals surface area contributed by atoms with E-state index in [4.69, 9.17) is 10.6 Å². The van der Waals surface area contributed by atoms with E-state index in [1.165, 1.54) is 30.7 Å². The molecule has 2 N–H and O–H groups in total. The van der Waals surface area contributed by atoms with E-state index in [0.29, 0.717) is 17.7 Å². The molecule has 0 spiro atoms. The Morgan fingerprint density at radius 2 is 2.14 bits per heavy atom. The van der Waals surface area contributed by atoms with Gasteiger partial charge in [0.2, 0.25) is 0 Å². The Bertz CT molecular complexity index is 1280. The first-order chi connectivity index (χ1) is 16.7. The number of amides is 1. The van der Waals surface area contributed by atoms with E-state index in [0.717, 1.165) is 21.2 Å². The molecule has 35 heavy (non-hydrogen) atoms. The number of aliphatic imine (C=N–C) groups is 1. The number of ether oxygens (including phenoxy) is 1. The van der Waals surface area contributed by atoms with Crippen LogP contribution in [0.3, 0.4) is 0 Å². The summed E-state index contributed by atoms with van der Waals surface area (Å²) in [6, 6.07) is 5.81. The summed E-state index contributed by atoms with van der Waals surface area (Å²) in [6.45, 7) is 0.503. The van der Waals surface area contributed by atoms with Gasteiger partial charge in [-0.05, 0) is 43.3 Å². The zero-order valence-electron chi connectivity index (χ0n) is 19.0. The van der Waals surface area contributed by atoms with E-state index in [9.17, 15) is 18.0 Å². The van der Waals surface area contributed by atoms with Crippen molar-refractivity contribution in [3.63, 3.8) is 0 Å². The molecule has 0 radical (unpaired) electrons. The Morgan fingerprint density at radius 3 is 2.80 bits per heavy atom. The number of rotatable bonds is 6. The highest BCUT2D eigenvalue weighted by molar-refractivity contribution is 7.10. The molecule has 2 aromatic heterocycles. The maximum atomic E-state index is 13.2. The number of anilines is 1. The Balaban J connectivity index is 1.59. The van der Waals surface area contributed by atoms with Gasteiger partial charge in [0.1, 0.15) is 24.0 Å². The molecule has 1 aliphatic heterocycles. The lowest BCUT2D eigenvalue weighted by Crippen LogP contribution is -2.43. The second-order valence-electron chi connectivity index (χ2n) is 7.92. The summed E-state index contributed by atoms with van der Waals surface area (Å²) in [5.74, 6) is 5.41. The molecule has 3 aromatic rings. The molecule has 0 aliphatic carbocycles. The molecular weight excluding hydrogens is 481 g/mol. The molecule has 184 valence electrons. The Kier molecular flexibility index (Phi) is 6.92. The average Bonchev–Trinajstić information content (AvgIpc) is 3.45. The van der Waals surface area contributed by atoms with Gasteiger partial charge >= 0.3 is 6.18 Å². The smallest absolute Gasteiger partial charge is 0.406 e. The van der Waals surface area contributed by atoms with E-state index in [2.05, 4.69) is 15.1 Å². The minimum absolute atomic E-state index is 0.255. The van der Waals surface area contributed by atoms with E-state index >= 15 is 0 Å². The van der Waals surface area contributed by atoms with Crippen LogP contribution in [0.5, 0.6) is 5.75 Å². The number of hydrogen-bond acceptors (Lipinski definition) is 7. The average molecular weight is 505 g/mol. The van der Waals surface area contributed by atoms with Gasteiger partial charge in [0.15, 0.2) is 0 Å². The van der Waals surface area contributed by atoms with Crippen molar-refractivity contribution in [2.75, 3.05) is 18.6 Å². The summed E-state index contributed by atoms with van der Waals surface area (Å²) >= 11 is 1.33. The van der Waals surface area contributed by atoms with Crippen molar-refractivity contribution in [1.29, 1.82) is 0 Å². The highest BCUT2D eigenvalue weighted by Crippen LogP contribution is 2.34. The number of halogens is 3. The number of aryl methyl sites for hydroxylation is 2. The number of fused-ring (bicyclic) bond motifs is 1. The number of hydrogen-bond donors (Lipinski definition) is 1. The van der Waals surface area contributed by atoms with Gasteiger partial charge < -0.3 is 20.0 Å². The summed E-state index contributed by atoms with van der Waals surface area (Å²) < 4.78 is 46.9. The number of nitrogens with two attached hydrogens (primary N) is 1. The number of benzene rings is 1. The summed E-state index contributed by atoms with van der Waals surface area (Å²) in [7, 11) is 1.53. The van der Waals surface area contributed by atoms with Gasteiger partial charge in [0.25, 0.3) is 5.91 Å². The molecule has 0 saturated carbocycles. The second-order valence-corrected chi connectivity index (χ2v) is 8.93. The fraction of sp³-hybridized carbons (Fsp3) is 0.304. The highest BCUT2D eigenvalue weighted by atomic mass is 32.1. The molecule has 0 bridgehead atoms. The standard InChI is InChI=1S/C23H23F3N6O2S/c1-14-11-31(13-29-14)18-5-3-15(9-20(18)34-2)17(30-27)10-28-16-4-6-21-19(7-8-35-21)32(22(16)33)12-23(24,25)26/h3,5,7-11,13,16H,4,6,12,27H2,1-2H3/b28-10?,30-17+. The Hall–Kier alpha value is -3.67.